The van der Waals surface area contributed by atoms with Crippen molar-refractivity contribution in [3.63, 3.8) is 0 Å². The Hall–Kier alpha value is -2.14. The van der Waals surface area contributed by atoms with E-state index in [0.29, 0.717) is 5.82 Å². The van der Waals surface area contributed by atoms with Crippen LogP contribution >= 0.6 is 0 Å². The number of nitrogens with zero attached hydrogens (tertiary/aromatic N) is 2. The molecule has 0 spiro atoms. The molecule has 0 amide bonds. The average Bonchev–Trinajstić information content (AvgIpc) is 2.48. The maximum Gasteiger partial charge on any atom is 0.131 e. The lowest BCUT2D eigenvalue weighted by atomic mass is 10.1. The van der Waals surface area contributed by atoms with Crippen molar-refractivity contribution in [2.24, 2.45) is 0 Å². The molecular formula is C15H20N4O. The molecule has 0 aliphatic carbocycles. The van der Waals surface area contributed by atoms with E-state index in [1.54, 1.807) is 0 Å². The third-order valence-electron chi connectivity index (χ3n) is 2.92. The van der Waals surface area contributed by atoms with Crippen LogP contribution in [0.5, 0.6) is 0 Å². The van der Waals surface area contributed by atoms with Crippen LogP contribution in [0.2, 0.25) is 0 Å². The molecule has 1 unspecified atom stereocenters. The number of anilines is 2. The summed E-state index contributed by atoms with van der Waals surface area (Å²) in [4.78, 5) is 8.30. The molecule has 5 nitrogen and oxygen atoms in total. The van der Waals surface area contributed by atoms with Gasteiger partial charge in [0.25, 0.3) is 0 Å². The average molecular weight is 272 g/mol. The van der Waals surface area contributed by atoms with Gasteiger partial charge in [-0.15, -0.1) is 0 Å². The highest BCUT2D eigenvalue weighted by Crippen LogP contribution is 2.12. The van der Waals surface area contributed by atoms with Crippen LogP contribution in [0.1, 0.15) is 12.5 Å². The van der Waals surface area contributed by atoms with Gasteiger partial charge in [0.05, 0.1) is 12.6 Å². The van der Waals surface area contributed by atoms with E-state index < -0.39 is 0 Å². The Morgan fingerprint density at radius 1 is 1.15 bits per heavy atom. The summed E-state index contributed by atoms with van der Waals surface area (Å²) in [6.45, 7) is 2.88. The smallest absolute Gasteiger partial charge is 0.131 e. The van der Waals surface area contributed by atoms with Gasteiger partial charge in [0, 0.05) is 12.6 Å². The normalized spacial score (nSPS) is 11.9. The highest BCUT2D eigenvalue weighted by molar-refractivity contribution is 5.47. The molecule has 2 aromatic rings. The SMILES string of the molecule is CCNc1cc(NC(CO)Cc2ccccc2)ncn1. The zero-order chi connectivity index (χ0) is 14.2. The van der Waals surface area contributed by atoms with E-state index in [1.807, 2.05) is 43.3 Å². The maximum absolute atomic E-state index is 9.50. The van der Waals surface area contributed by atoms with E-state index >= 15 is 0 Å². The molecule has 1 aromatic heterocycles. The van der Waals surface area contributed by atoms with Crippen LogP contribution in [0, 0.1) is 0 Å². The summed E-state index contributed by atoms with van der Waals surface area (Å²) in [7, 11) is 0. The third-order valence-corrected chi connectivity index (χ3v) is 2.92. The van der Waals surface area contributed by atoms with Gasteiger partial charge in [-0.1, -0.05) is 30.3 Å². The van der Waals surface area contributed by atoms with Crippen LogP contribution in [0.25, 0.3) is 0 Å². The summed E-state index contributed by atoms with van der Waals surface area (Å²) in [6.07, 6.45) is 2.26. The predicted molar refractivity (Wildman–Crippen MR) is 80.8 cm³/mol. The summed E-state index contributed by atoms with van der Waals surface area (Å²) in [6, 6.07) is 11.9. The Morgan fingerprint density at radius 3 is 2.60 bits per heavy atom. The van der Waals surface area contributed by atoms with Gasteiger partial charge in [0.1, 0.15) is 18.0 Å². The quantitative estimate of drug-likeness (QED) is 0.718. The lowest BCUT2D eigenvalue weighted by Crippen LogP contribution is -2.27. The third kappa shape index (κ3) is 4.20. The highest BCUT2D eigenvalue weighted by atomic mass is 16.3. The van der Waals surface area contributed by atoms with E-state index in [1.165, 1.54) is 11.9 Å². The fourth-order valence-corrected chi connectivity index (χ4v) is 1.98. The summed E-state index contributed by atoms with van der Waals surface area (Å²) >= 11 is 0. The number of benzene rings is 1. The number of rotatable bonds is 7. The summed E-state index contributed by atoms with van der Waals surface area (Å²) < 4.78 is 0. The summed E-state index contributed by atoms with van der Waals surface area (Å²) in [5.74, 6) is 1.49. The molecule has 2 rings (SSSR count). The molecule has 106 valence electrons. The molecule has 0 bridgehead atoms. The Balaban J connectivity index is 2.00. The lowest BCUT2D eigenvalue weighted by molar-refractivity contribution is 0.273. The molecule has 3 N–H and O–H groups in total. The predicted octanol–water partition coefficient (Wildman–Crippen LogP) is 1.92. The van der Waals surface area contributed by atoms with E-state index in [2.05, 4.69) is 20.6 Å². The lowest BCUT2D eigenvalue weighted by Gasteiger charge is -2.17. The van der Waals surface area contributed by atoms with Crippen molar-refractivity contribution in [2.45, 2.75) is 19.4 Å². The van der Waals surface area contributed by atoms with Crippen LogP contribution in [0.4, 0.5) is 11.6 Å². The molecule has 1 heterocycles. The van der Waals surface area contributed by atoms with Gasteiger partial charge >= 0.3 is 0 Å². The molecule has 0 saturated carbocycles. The van der Waals surface area contributed by atoms with Crippen LogP contribution in [0.15, 0.2) is 42.7 Å². The fourth-order valence-electron chi connectivity index (χ4n) is 1.98. The minimum Gasteiger partial charge on any atom is -0.394 e. The van der Waals surface area contributed by atoms with Gasteiger partial charge < -0.3 is 15.7 Å². The number of aliphatic hydroxyl groups excluding tert-OH is 1. The van der Waals surface area contributed by atoms with Crippen LogP contribution in [-0.4, -0.2) is 34.3 Å². The monoisotopic (exact) mass is 272 g/mol. The van der Waals surface area contributed by atoms with Crippen molar-refractivity contribution in [1.29, 1.82) is 0 Å². The summed E-state index contributed by atoms with van der Waals surface area (Å²) in [5, 5.41) is 15.9. The molecule has 1 atom stereocenters. The molecule has 0 aliphatic heterocycles. The molecule has 0 saturated heterocycles. The second-order valence-corrected chi connectivity index (χ2v) is 4.53. The van der Waals surface area contributed by atoms with Crippen molar-refractivity contribution < 1.29 is 5.11 Å². The number of aliphatic hydroxyl groups is 1. The number of nitrogens with one attached hydrogen (secondary N) is 2. The first-order valence-electron chi connectivity index (χ1n) is 6.79. The first kappa shape index (κ1) is 14.3. The van der Waals surface area contributed by atoms with Crippen molar-refractivity contribution in [3.05, 3.63) is 48.3 Å². The van der Waals surface area contributed by atoms with E-state index in [9.17, 15) is 5.11 Å². The Bertz CT molecular complexity index is 518. The molecule has 0 aliphatic rings. The van der Waals surface area contributed by atoms with E-state index in [0.717, 1.165) is 18.8 Å². The first-order valence-corrected chi connectivity index (χ1v) is 6.79. The van der Waals surface area contributed by atoms with Crippen molar-refractivity contribution in [2.75, 3.05) is 23.8 Å². The number of aromatic nitrogens is 2. The second-order valence-electron chi connectivity index (χ2n) is 4.53. The van der Waals surface area contributed by atoms with Crippen LogP contribution in [-0.2, 0) is 6.42 Å². The first-order chi connectivity index (χ1) is 9.81. The van der Waals surface area contributed by atoms with Crippen LogP contribution in [0.3, 0.4) is 0 Å². The van der Waals surface area contributed by atoms with Gasteiger partial charge in [-0.25, -0.2) is 9.97 Å². The fraction of sp³-hybridized carbons (Fsp3) is 0.333. The minimum atomic E-state index is -0.0678. The van der Waals surface area contributed by atoms with Gasteiger partial charge in [-0.2, -0.15) is 0 Å². The van der Waals surface area contributed by atoms with Crippen molar-refractivity contribution in [1.82, 2.24) is 9.97 Å². The molecule has 1 aromatic carbocycles. The van der Waals surface area contributed by atoms with Crippen molar-refractivity contribution >= 4 is 11.6 Å². The largest absolute Gasteiger partial charge is 0.394 e. The number of hydrogen-bond donors (Lipinski definition) is 3. The maximum atomic E-state index is 9.50. The molecule has 5 heteroatoms. The zero-order valence-corrected chi connectivity index (χ0v) is 11.6. The Labute approximate surface area is 119 Å². The zero-order valence-electron chi connectivity index (χ0n) is 11.6. The van der Waals surface area contributed by atoms with E-state index in [-0.39, 0.29) is 12.6 Å². The second kappa shape index (κ2) is 7.45. The molecule has 20 heavy (non-hydrogen) atoms. The van der Waals surface area contributed by atoms with E-state index in [4.69, 9.17) is 0 Å². The van der Waals surface area contributed by atoms with Crippen LogP contribution < -0.4 is 10.6 Å². The standard InChI is InChI=1S/C15H20N4O/c1-2-16-14-9-15(18-11-17-14)19-13(10-20)8-12-6-4-3-5-7-12/h3-7,9,11,13,20H,2,8,10H2,1H3,(H2,16,17,18,19). The van der Waals surface area contributed by atoms with Crippen molar-refractivity contribution in [3.8, 4) is 0 Å². The van der Waals surface area contributed by atoms with Gasteiger partial charge in [-0.05, 0) is 18.9 Å². The minimum absolute atomic E-state index is 0.0510. The Kier molecular flexibility index (Phi) is 5.32. The summed E-state index contributed by atoms with van der Waals surface area (Å²) in [5.41, 5.74) is 1.18. The highest BCUT2D eigenvalue weighted by Gasteiger charge is 2.09. The van der Waals surface area contributed by atoms with Gasteiger partial charge in [-0.3, -0.25) is 0 Å². The molecular weight excluding hydrogens is 252 g/mol. The number of hydrogen-bond acceptors (Lipinski definition) is 5. The Morgan fingerprint density at radius 2 is 1.90 bits per heavy atom. The topological polar surface area (TPSA) is 70.1 Å². The van der Waals surface area contributed by atoms with Gasteiger partial charge in [0.15, 0.2) is 0 Å². The molecule has 0 radical (unpaired) electrons. The van der Waals surface area contributed by atoms with Gasteiger partial charge in [0.2, 0.25) is 0 Å². The molecule has 0 fully saturated rings.